The molecule has 8 heteroatoms. The molecule has 0 atom stereocenters. The van der Waals surface area contributed by atoms with Crippen LogP contribution in [-0.2, 0) is 14.9 Å². The number of amides is 1. The minimum atomic E-state index is -4.56. The first kappa shape index (κ1) is 21.7. The normalized spacial score (nSPS) is 10.8. The molecule has 0 spiro atoms. The van der Waals surface area contributed by atoms with Crippen molar-refractivity contribution < 1.29 is 52.1 Å². The van der Waals surface area contributed by atoms with Crippen LogP contribution in [-0.4, -0.2) is 32.0 Å². The Balaban J connectivity index is 0.00000312. The maximum Gasteiger partial charge on any atom is 1.00 e. The number of hydrogen-bond acceptors (Lipinski definition) is 5. The first-order valence-electron chi connectivity index (χ1n) is 7.43. The Hall–Kier alpha value is -1.38. The van der Waals surface area contributed by atoms with Crippen LogP contribution < -0.4 is 39.6 Å². The van der Waals surface area contributed by atoms with Gasteiger partial charge in [-0.2, -0.15) is 0 Å². The van der Waals surface area contributed by atoms with E-state index in [2.05, 4.69) is 11.9 Å². The molecular formula is C17H18NNaO5S. The van der Waals surface area contributed by atoms with Crippen molar-refractivity contribution in [3.05, 3.63) is 49.1 Å². The largest absolute Gasteiger partial charge is 1.00 e. The molecule has 0 aliphatic carbocycles. The first-order chi connectivity index (χ1) is 11.4. The average molecular weight is 371 g/mol. The van der Waals surface area contributed by atoms with E-state index in [4.69, 9.17) is 4.74 Å². The van der Waals surface area contributed by atoms with Gasteiger partial charge in [0.15, 0.2) is 0 Å². The van der Waals surface area contributed by atoms with Gasteiger partial charge in [0.05, 0.1) is 11.5 Å². The van der Waals surface area contributed by atoms with Crippen LogP contribution in [0.2, 0.25) is 0 Å². The third-order valence-electron chi connectivity index (χ3n) is 3.40. The Bertz CT molecular complexity index is 851. The van der Waals surface area contributed by atoms with E-state index < -0.39 is 10.1 Å². The van der Waals surface area contributed by atoms with Crippen molar-refractivity contribution in [3.63, 3.8) is 0 Å². The molecule has 0 bridgehead atoms. The number of rotatable bonds is 8. The van der Waals surface area contributed by atoms with Crippen LogP contribution in [0.25, 0.3) is 10.8 Å². The molecule has 0 radical (unpaired) electrons. The summed E-state index contributed by atoms with van der Waals surface area (Å²) in [5, 5.41) is 4.02. The van der Waals surface area contributed by atoms with Gasteiger partial charge in [0.2, 0.25) is 5.91 Å². The summed E-state index contributed by atoms with van der Waals surface area (Å²) in [7, 11) is -4.56. The van der Waals surface area contributed by atoms with E-state index in [0.29, 0.717) is 37.1 Å². The topological polar surface area (TPSA) is 95.5 Å². The molecule has 0 saturated heterocycles. The third-order valence-corrected chi connectivity index (χ3v) is 4.21. The summed E-state index contributed by atoms with van der Waals surface area (Å²) < 4.78 is 39.5. The van der Waals surface area contributed by atoms with Gasteiger partial charge in [-0.3, -0.25) is 4.79 Å². The summed E-state index contributed by atoms with van der Waals surface area (Å²) in [4.78, 5) is 10.7. The summed E-state index contributed by atoms with van der Waals surface area (Å²) in [6, 6.07) is 9.69. The SMILES string of the molecule is C=CC(=O)NCCCCOc1cc(S(=O)(=O)[O-])cc2ccccc12.[Na+]. The van der Waals surface area contributed by atoms with E-state index in [9.17, 15) is 17.8 Å². The number of unbranched alkanes of at least 4 members (excludes halogenated alkanes) is 1. The quantitative estimate of drug-likeness (QED) is 0.284. The molecule has 0 heterocycles. The number of nitrogens with one attached hydrogen (secondary N) is 1. The molecule has 0 fully saturated rings. The zero-order chi connectivity index (χ0) is 17.6. The van der Waals surface area contributed by atoms with Gasteiger partial charge in [0, 0.05) is 11.9 Å². The van der Waals surface area contributed by atoms with Crippen LogP contribution >= 0.6 is 0 Å². The molecule has 2 rings (SSSR count). The van der Waals surface area contributed by atoms with Crippen LogP contribution in [0.5, 0.6) is 5.75 Å². The van der Waals surface area contributed by atoms with Gasteiger partial charge in [-0.05, 0) is 36.4 Å². The Labute approximate surface area is 169 Å². The van der Waals surface area contributed by atoms with E-state index in [0.717, 1.165) is 5.39 Å². The summed E-state index contributed by atoms with van der Waals surface area (Å²) in [6.45, 7) is 4.21. The van der Waals surface area contributed by atoms with Gasteiger partial charge in [-0.25, -0.2) is 8.42 Å². The van der Waals surface area contributed by atoms with E-state index in [1.165, 1.54) is 18.2 Å². The minimum Gasteiger partial charge on any atom is -0.744 e. The molecule has 2 aromatic rings. The van der Waals surface area contributed by atoms with Crippen molar-refractivity contribution in [1.82, 2.24) is 5.32 Å². The Morgan fingerprint density at radius 2 is 1.96 bits per heavy atom. The number of carbonyl (C=O) groups is 1. The zero-order valence-corrected chi connectivity index (χ0v) is 16.8. The van der Waals surface area contributed by atoms with Gasteiger partial charge in [0.25, 0.3) is 0 Å². The predicted octanol–water partition coefficient (Wildman–Crippen LogP) is -0.791. The molecule has 0 saturated carbocycles. The molecule has 0 unspecified atom stereocenters. The molecule has 128 valence electrons. The monoisotopic (exact) mass is 371 g/mol. The summed E-state index contributed by atoms with van der Waals surface area (Å²) in [5.74, 6) is 0.132. The van der Waals surface area contributed by atoms with Gasteiger partial charge in [-0.15, -0.1) is 0 Å². The van der Waals surface area contributed by atoms with Crippen LogP contribution in [0, 0.1) is 0 Å². The predicted molar refractivity (Wildman–Crippen MR) is 89.8 cm³/mol. The molecule has 1 amide bonds. The molecule has 6 nitrogen and oxygen atoms in total. The van der Waals surface area contributed by atoms with Crippen LogP contribution in [0.15, 0.2) is 53.9 Å². The van der Waals surface area contributed by atoms with Crippen molar-refractivity contribution >= 4 is 26.8 Å². The fourth-order valence-corrected chi connectivity index (χ4v) is 2.73. The van der Waals surface area contributed by atoms with Gasteiger partial charge in [-0.1, -0.05) is 30.8 Å². The summed E-state index contributed by atoms with van der Waals surface area (Å²) in [5.41, 5.74) is 0. The molecule has 0 aromatic heterocycles. The Kier molecular flexibility index (Phi) is 8.61. The second-order valence-corrected chi connectivity index (χ2v) is 6.53. The molecule has 2 aromatic carbocycles. The van der Waals surface area contributed by atoms with Crippen molar-refractivity contribution in [2.45, 2.75) is 17.7 Å². The number of carbonyl (C=O) groups excluding carboxylic acids is 1. The van der Waals surface area contributed by atoms with E-state index in [-0.39, 0.29) is 40.4 Å². The molecule has 0 aliphatic heterocycles. The van der Waals surface area contributed by atoms with Crippen LogP contribution in [0.3, 0.4) is 0 Å². The maximum atomic E-state index is 11.3. The van der Waals surface area contributed by atoms with Gasteiger partial charge >= 0.3 is 29.6 Å². The average Bonchev–Trinajstić information content (AvgIpc) is 2.56. The third kappa shape index (κ3) is 6.45. The molecule has 1 N–H and O–H groups in total. The van der Waals surface area contributed by atoms with Crippen LogP contribution in [0.4, 0.5) is 0 Å². The van der Waals surface area contributed by atoms with Gasteiger partial charge in [0.1, 0.15) is 15.9 Å². The number of ether oxygens (including phenoxy) is 1. The summed E-state index contributed by atoms with van der Waals surface area (Å²) in [6.07, 6.45) is 2.58. The van der Waals surface area contributed by atoms with Crippen molar-refractivity contribution in [2.24, 2.45) is 0 Å². The summed E-state index contributed by atoms with van der Waals surface area (Å²) >= 11 is 0. The Morgan fingerprint density at radius 1 is 1.24 bits per heavy atom. The fraction of sp³-hybridized carbons (Fsp3) is 0.235. The van der Waals surface area contributed by atoms with Gasteiger partial charge < -0.3 is 14.6 Å². The molecular weight excluding hydrogens is 353 g/mol. The Morgan fingerprint density at radius 3 is 2.64 bits per heavy atom. The van der Waals surface area contributed by atoms with E-state index in [1.54, 1.807) is 18.2 Å². The maximum absolute atomic E-state index is 11.3. The van der Waals surface area contributed by atoms with Crippen molar-refractivity contribution in [1.29, 1.82) is 0 Å². The smallest absolute Gasteiger partial charge is 0.744 e. The van der Waals surface area contributed by atoms with Crippen molar-refractivity contribution in [2.75, 3.05) is 13.2 Å². The van der Waals surface area contributed by atoms with Crippen LogP contribution in [0.1, 0.15) is 12.8 Å². The molecule has 0 aliphatic rings. The van der Waals surface area contributed by atoms with Crippen molar-refractivity contribution in [3.8, 4) is 5.75 Å². The molecule has 25 heavy (non-hydrogen) atoms. The van der Waals surface area contributed by atoms with E-state index in [1.807, 2.05) is 6.07 Å². The first-order valence-corrected chi connectivity index (χ1v) is 8.84. The van der Waals surface area contributed by atoms with E-state index >= 15 is 0 Å². The zero-order valence-electron chi connectivity index (χ0n) is 14.0. The second kappa shape index (κ2) is 9.94. The second-order valence-electron chi connectivity index (χ2n) is 5.15. The fourth-order valence-electron chi connectivity index (χ4n) is 2.21. The standard InChI is InChI=1S/C17H19NO5S.Na/c1-2-17(19)18-9-5-6-10-23-16-12-14(24(20,21)22)11-13-7-3-4-8-15(13)16;/h2-4,7-8,11-12H,1,5-6,9-10H2,(H,18,19)(H,20,21,22);/q;+1/p-1. The minimum absolute atomic E-state index is 0. The number of benzene rings is 2. The number of fused-ring (bicyclic) bond motifs is 1. The number of hydrogen-bond donors (Lipinski definition) is 1.